The minimum absolute atomic E-state index is 0.0863. The molecule has 0 spiro atoms. The summed E-state index contributed by atoms with van der Waals surface area (Å²) >= 11 is 0. The quantitative estimate of drug-likeness (QED) is 0.748. The summed E-state index contributed by atoms with van der Waals surface area (Å²) in [5.74, 6) is -0.0160. The van der Waals surface area contributed by atoms with Crippen LogP contribution in [0.4, 0.5) is 14.5 Å². The van der Waals surface area contributed by atoms with E-state index in [9.17, 15) is 13.6 Å². The summed E-state index contributed by atoms with van der Waals surface area (Å²) in [5.41, 5.74) is 0.525. The van der Waals surface area contributed by atoms with Crippen LogP contribution in [0.25, 0.3) is 0 Å². The van der Waals surface area contributed by atoms with E-state index >= 15 is 0 Å². The summed E-state index contributed by atoms with van der Waals surface area (Å²) in [4.78, 5) is 13.3. The number of carbonyl (C=O) groups excluding carboxylic acids is 1. The van der Waals surface area contributed by atoms with Crippen LogP contribution in [0.3, 0.4) is 0 Å². The molecule has 4 rings (SSSR count). The van der Waals surface area contributed by atoms with Crippen LogP contribution in [-0.2, 0) is 4.79 Å². The fourth-order valence-electron chi connectivity index (χ4n) is 3.80. The highest BCUT2D eigenvalue weighted by molar-refractivity contribution is 6.20. The van der Waals surface area contributed by atoms with Crippen LogP contribution in [0.15, 0.2) is 53.6 Å². The van der Waals surface area contributed by atoms with Gasteiger partial charge in [-0.05, 0) is 73.7 Å². The molecule has 1 fully saturated rings. The lowest BCUT2D eigenvalue weighted by molar-refractivity contribution is -0.125. The summed E-state index contributed by atoms with van der Waals surface area (Å²) in [7, 11) is 0. The topological polar surface area (TPSA) is 41.9 Å². The Hall–Kier alpha value is -2.76. The van der Waals surface area contributed by atoms with E-state index in [2.05, 4.69) is 5.10 Å². The third kappa shape index (κ3) is 3.09. The van der Waals surface area contributed by atoms with Crippen molar-refractivity contribution in [3.8, 4) is 5.75 Å². The van der Waals surface area contributed by atoms with Gasteiger partial charge in [0.1, 0.15) is 24.0 Å². The Labute approximate surface area is 156 Å². The lowest BCUT2D eigenvalue weighted by atomic mass is 9.75. The zero-order chi connectivity index (χ0) is 19.0. The molecule has 1 aliphatic carbocycles. The lowest BCUT2D eigenvalue weighted by Gasteiger charge is -2.28. The van der Waals surface area contributed by atoms with Crippen molar-refractivity contribution in [2.45, 2.75) is 26.2 Å². The van der Waals surface area contributed by atoms with E-state index < -0.39 is 5.41 Å². The van der Waals surface area contributed by atoms with E-state index in [1.807, 2.05) is 6.92 Å². The highest BCUT2D eigenvalue weighted by atomic mass is 19.1. The number of carbonyl (C=O) groups is 1. The van der Waals surface area contributed by atoms with Gasteiger partial charge in [0.25, 0.3) is 5.91 Å². The zero-order valence-electron chi connectivity index (χ0n) is 15.0. The summed E-state index contributed by atoms with van der Waals surface area (Å²) in [6.07, 6.45) is 2.58. The van der Waals surface area contributed by atoms with Crippen molar-refractivity contribution >= 4 is 17.3 Å². The van der Waals surface area contributed by atoms with Crippen molar-refractivity contribution in [2.75, 3.05) is 11.6 Å². The van der Waals surface area contributed by atoms with Gasteiger partial charge in [0.15, 0.2) is 0 Å². The number of hydrogen-bond donors (Lipinski definition) is 0. The van der Waals surface area contributed by atoms with Crippen LogP contribution >= 0.6 is 0 Å². The molecule has 0 N–H and O–H groups in total. The van der Waals surface area contributed by atoms with Gasteiger partial charge < -0.3 is 4.74 Å². The van der Waals surface area contributed by atoms with Gasteiger partial charge in [0.05, 0.1) is 16.8 Å². The smallest absolute Gasteiger partial charge is 0.259 e. The Morgan fingerprint density at radius 1 is 1.07 bits per heavy atom. The summed E-state index contributed by atoms with van der Waals surface area (Å²) in [6, 6.07) is 11.5. The molecule has 1 saturated carbocycles. The molecule has 1 unspecified atom stereocenters. The summed E-state index contributed by atoms with van der Waals surface area (Å²) in [6.45, 7) is 2.14. The maximum Gasteiger partial charge on any atom is 0.259 e. The first-order valence-corrected chi connectivity index (χ1v) is 9.11. The molecule has 1 aliphatic heterocycles. The number of amides is 1. The molecular weight excluding hydrogens is 350 g/mol. The zero-order valence-corrected chi connectivity index (χ0v) is 15.0. The Morgan fingerprint density at radius 3 is 2.22 bits per heavy atom. The predicted octanol–water partition coefficient (Wildman–Crippen LogP) is 4.55. The van der Waals surface area contributed by atoms with Crippen molar-refractivity contribution in [1.29, 1.82) is 0 Å². The Balaban J connectivity index is 1.64. The molecule has 1 amide bonds. The van der Waals surface area contributed by atoms with Crippen molar-refractivity contribution in [3.63, 3.8) is 0 Å². The van der Waals surface area contributed by atoms with Crippen LogP contribution in [0.2, 0.25) is 0 Å². The summed E-state index contributed by atoms with van der Waals surface area (Å²) < 4.78 is 32.1. The minimum Gasteiger partial charge on any atom is -0.488 e. The van der Waals surface area contributed by atoms with Crippen LogP contribution in [0.5, 0.6) is 5.75 Å². The van der Waals surface area contributed by atoms with Gasteiger partial charge in [0, 0.05) is 0 Å². The maximum absolute atomic E-state index is 13.3. The second-order valence-corrected chi connectivity index (χ2v) is 6.98. The number of hydrogen-bond acceptors (Lipinski definition) is 3. The average molecular weight is 370 g/mol. The molecular formula is C21H20F2N2O2. The molecule has 0 radical (unpaired) electrons. The van der Waals surface area contributed by atoms with Crippen molar-refractivity contribution in [2.24, 2.45) is 16.4 Å². The van der Waals surface area contributed by atoms with Gasteiger partial charge in [-0.15, -0.1) is 0 Å². The first kappa shape index (κ1) is 17.6. The second-order valence-electron chi connectivity index (χ2n) is 6.98. The molecule has 0 saturated heterocycles. The van der Waals surface area contributed by atoms with E-state index in [0.29, 0.717) is 23.6 Å². The molecule has 4 nitrogen and oxygen atoms in total. The fraction of sp³-hybridized carbons (Fsp3) is 0.333. The largest absolute Gasteiger partial charge is 0.488 e. The molecule has 1 atom stereocenters. The Morgan fingerprint density at radius 2 is 1.67 bits per heavy atom. The van der Waals surface area contributed by atoms with Gasteiger partial charge >= 0.3 is 0 Å². The van der Waals surface area contributed by atoms with Crippen LogP contribution < -0.4 is 9.75 Å². The predicted molar refractivity (Wildman–Crippen MR) is 98.7 cm³/mol. The number of halogens is 2. The first-order chi connectivity index (χ1) is 13.0. The fourth-order valence-corrected chi connectivity index (χ4v) is 3.80. The standard InChI is InChI=1S/C21H20F2N2O2/c1-2-21(14-3-4-14)19(13-27-18-11-7-16(23)8-12-18)24-25(20(21)26)17-9-5-15(22)6-10-17/h5-12,14H,2-4,13H2,1H3. The Bertz CT molecular complexity index is 876. The number of hydrazone groups is 1. The van der Waals surface area contributed by atoms with Crippen LogP contribution in [0.1, 0.15) is 26.2 Å². The molecule has 27 heavy (non-hydrogen) atoms. The highest BCUT2D eigenvalue weighted by Crippen LogP contribution is 2.52. The third-order valence-corrected chi connectivity index (χ3v) is 5.40. The lowest BCUT2D eigenvalue weighted by Crippen LogP contribution is -2.43. The van der Waals surface area contributed by atoms with E-state index in [1.54, 1.807) is 24.3 Å². The number of anilines is 1. The number of rotatable bonds is 6. The van der Waals surface area contributed by atoms with Gasteiger partial charge in [-0.1, -0.05) is 6.92 Å². The number of benzene rings is 2. The molecule has 2 aromatic carbocycles. The molecule has 0 bridgehead atoms. The SMILES string of the molecule is CCC1(C2CC2)C(=O)N(c2ccc(F)cc2)N=C1COc1ccc(F)cc1. The van der Waals surface area contributed by atoms with Gasteiger partial charge in [-0.25, -0.2) is 8.78 Å². The van der Waals surface area contributed by atoms with Gasteiger partial charge in [0.2, 0.25) is 0 Å². The third-order valence-electron chi connectivity index (χ3n) is 5.40. The van der Waals surface area contributed by atoms with Gasteiger partial charge in [-0.3, -0.25) is 4.79 Å². The van der Waals surface area contributed by atoms with Crippen LogP contribution in [-0.4, -0.2) is 18.2 Å². The average Bonchev–Trinajstić information content (AvgIpc) is 3.48. The van der Waals surface area contributed by atoms with Gasteiger partial charge in [-0.2, -0.15) is 10.1 Å². The van der Waals surface area contributed by atoms with E-state index in [-0.39, 0.29) is 30.1 Å². The highest BCUT2D eigenvalue weighted by Gasteiger charge is 2.58. The molecule has 2 aromatic rings. The minimum atomic E-state index is -0.686. The first-order valence-electron chi connectivity index (χ1n) is 9.11. The van der Waals surface area contributed by atoms with Crippen molar-refractivity contribution < 1.29 is 18.3 Å². The Kier molecular flexibility index (Phi) is 4.42. The second kappa shape index (κ2) is 6.76. The molecule has 140 valence electrons. The number of ether oxygens (including phenoxy) is 1. The molecule has 0 aromatic heterocycles. The van der Waals surface area contributed by atoms with E-state index in [4.69, 9.17) is 4.74 Å². The molecule has 1 heterocycles. The van der Waals surface area contributed by atoms with E-state index in [1.165, 1.54) is 29.3 Å². The summed E-state index contributed by atoms with van der Waals surface area (Å²) in [5, 5.41) is 5.93. The van der Waals surface area contributed by atoms with Crippen molar-refractivity contribution in [1.82, 2.24) is 0 Å². The monoisotopic (exact) mass is 370 g/mol. The van der Waals surface area contributed by atoms with Crippen LogP contribution in [0, 0.1) is 23.0 Å². The van der Waals surface area contributed by atoms with Crippen molar-refractivity contribution in [3.05, 3.63) is 60.2 Å². The normalized spacial score (nSPS) is 22.1. The maximum atomic E-state index is 13.3. The molecule has 6 heteroatoms. The number of nitrogens with zero attached hydrogens (tertiary/aromatic N) is 2. The molecule has 2 aliphatic rings. The van der Waals surface area contributed by atoms with E-state index in [0.717, 1.165) is 12.8 Å².